The van der Waals surface area contributed by atoms with E-state index in [1.165, 1.54) is 10.4 Å². The van der Waals surface area contributed by atoms with Gasteiger partial charge in [-0.05, 0) is 35.8 Å². The Morgan fingerprint density at radius 2 is 2.21 bits per heavy atom. The number of aromatic nitrogens is 3. The molecule has 0 bridgehead atoms. The fourth-order valence-electron chi connectivity index (χ4n) is 2.60. The topological polar surface area (TPSA) is 42.7 Å². The number of anilines is 1. The summed E-state index contributed by atoms with van der Waals surface area (Å²) < 4.78 is 2.08. The van der Waals surface area contributed by atoms with Gasteiger partial charge in [-0.1, -0.05) is 20.8 Å². The van der Waals surface area contributed by atoms with Crippen molar-refractivity contribution < 1.29 is 0 Å². The van der Waals surface area contributed by atoms with Crippen molar-refractivity contribution in [3.05, 3.63) is 17.0 Å². The Kier molecular flexibility index (Phi) is 2.89. The highest BCUT2D eigenvalue weighted by Crippen LogP contribution is 2.38. The molecule has 5 heteroatoms. The zero-order chi connectivity index (χ0) is 13.6. The van der Waals surface area contributed by atoms with Gasteiger partial charge in [0.25, 0.3) is 0 Å². The molecular weight excluding hydrogens is 256 g/mol. The Morgan fingerprint density at radius 3 is 2.84 bits per heavy atom. The summed E-state index contributed by atoms with van der Waals surface area (Å²) in [5.41, 5.74) is 1.45. The molecule has 4 nitrogen and oxygen atoms in total. The lowest BCUT2D eigenvalue weighted by Gasteiger charge is -2.34. The van der Waals surface area contributed by atoms with Crippen molar-refractivity contribution in [3.8, 4) is 10.7 Å². The van der Waals surface area contributed by atoms with Crippen molar-refractivity contribution in [3.63, 3.8) is 0 Å². The molecule has 0 fully saturated rings. The Bertz CT molecular complexity index is 591. The first-order valence-corrected chi connectivity index (χ1v) is 7.59. The fourth-order valence-corrected chi connectivity index (χ4v) is 3.46. The SMILES string of the molecule is Cc1ccsc1-c1nc2n(n1)C(C(C)(C)C)CCN2. The lowest BCUT2D eigenvalue weighted by Crippen LogP contribution is -2.32. The summed E-state index contributed by atoms with van der Waals surface area (Å²) >= 11 is 1.71. The third kappa shape index (κ3) is 2.16. The minimum absolute atomic E-state index is 0.201. The first kappa shape index (κ1) is 12.7. The fraction of sp³-hybridized carbons (Fsp3) is 0.571. The van der Waals surface area contributed by atoms with Gasteiger partial charge in [-0.3, -0.25) is 0 Å². The molecule has 1 atom stereocenters. The average molecular weight is 276 g/mol. The molecule has 0 saturated carbocycles. The van der Waals surface area contributed by atoms with Crippen LogP contribution in [0.5, 0.6) is 0 Å². The molecule has 2 aromatic heterocycles. The van der Waals surface area contributed by atoms with Crippen LogP contribution in [0.1, 0.15) is 38.8 Å². The zero-order valence-electron chi connectivity index (χ0n) is 11.9. The van der Waals surface area contributed by atoms with Gasteiger partial charge in [0.1, 0.15) is 0 Å². The highest BCUT2D eigenvalue weighted by atomic mass is 32.1. The van der Waals surface area contributed by atoms with E-state index in [9.17, 15) is 0 Å². The van der Waals surface area contributed by atoms with Gasteiger partial charge >= 0.3 is 0 Å². The van der Waals surface area contributed by atoms with Crippen molar-refractivity contribution in [2.45, 2.75) is 40.2 Å². The van der Waals surface area contributed by atoms with Crippen molar-refractivity contribution in [2.24, 2.45) is 5.41 Å². The van der Waals surface area contributed by atoms with Gasteiger partial charge in [0, 0.05) is 6.54 Å². The van der Waals surface area contributed by atoms with E-state index in [1.807, 2.05) is 0 Å². The second-order valence-electron chi connectivity index (χ2n) is 6.23. The lowest BCUT2D eigenvalue weighted by atomic mass is 9.84. The van der Waals surface area contributed by atoms with E-state index in [0.29, 0.717) is 6.04 Å². The van der Waals surface area contributed by atoms with Gasteiger partial charge < -0.3 is 5.32 Å². The Morgan fingerprint density at radius 1 is 1.42 bits per heavy atom. The molecule has 0 radical (unpaired) electrons. The van der Waals surface area contributed by atoms with E-state index in [0.717, 1.165) is 24.7 Å². The van der Waals surface area contributed by atoms with Crippen molar-refractivity contribution in [1.29, 1.82) is 0 Å². The smallest absolute Gasteiger partial charge is 0.222 e. The second-order valence-corrected chi connectivity index (χ2v) is 7.15. The Labute approximate surface area is 117 Å². The molecule has 1 unspecified atom stereocenters. The van der Waals surface area contributed by atoms with Gasteiger partial charge in [-0.2, -0.15) is 4.98 Å². The molecule has 0 aliphatic carbocycles. The van der Waals surface area contributed by atoms with Crippen LogP contribution in [0.4, 0.5) is 5.95 Å². The molecule has 3 rings (SSSR count). The molecule has 19 heavy (non-hydrogen) atoms. The number of fused-ring (bicyclic) bond motifs is 1. The molecule has 0 amide bonds. The summed E-state index contributed by atoms with van der Waals surface area (Å²) in [5.74, 6) is 1.76. The molecule has 0 aromatic carbocycles. The first-order valence-electron chi connectivity index (χ1n) is 6.71. The summed E-state index contributed by atoms with van der Waals surface area (Å²) in [4.78, 5) is 5.85. The second kappa shape index (κ2) is 4.34. The maximum atomic E-state index is 4.76. The number of nitrogens with zero attached hydrogens (tertiary/aromatic N) is 3. The molecule has 102 valence electrons. The van der Waals surface area contributed by atoms with Gasteiger partial charge in [-0.15, -0.1) is 16.4 Å². The van der Waals surface area contributed by atoms with Crippen LogP contribution >= 0.6 is 11.3 Å². The summed E-state index contributed by atoms with van der Waals surface area (Å²) in [6, 6.07) is 2.53. The molecule has 1 aliphatic heterocycles. The van der Waals surface area contributed by atoms with Crippen molar-refractivity contribution >= 4 is 17.3 Å². The number of hydrogen-bond donors (Lipinski definition) is 1. The average Bonchev–Trinajstić information content (AvgIpc) is 2.91. The number of rotatable bonds is 1. The molecule has 3 heterocycles. The van der Waals surface area contributed by atoms with Crippen LogP contribution in [0.3, 0.4) is 0 Å². The van der Waals surface area contributed by atoms with Crippen molar-refractivity contribution in [2.75, 3.05) is 11.9 Å². The maximum Gasteiger partial charge on any atom is 0.222 e. The molecule has 1 aliphatic rings. The van der Waals surface area contributed by atoms with Crippen LogP contribution in [-0.2, 0) is 0 Å². The van der Waals surface area contributed by atoms with Gasteiger partial charge in [0.05, 0.1) is 10.9 Å². The number of aryl methyl sites for hydroxylation is 1. The predicted molar refractivity (Wildman–Crippen MR) is 79.7 cm³/mol. The van der Waals surface area contributed by atoms with E-state index >= 15 is 0 Å². The summed E-state index contributed by atoms with van der Waals surface area (Å²) in [7, 11) is 0. The van der Waals surface area contributed by atoms with Crippen LogP contribution in [0.2, 0.25) is 0 Å². The number of hydrogen-bond acceptors (Lipinski definition) is 4. The van der Waals surface area contributed by atoms with Crippen LogP contribution in [0.15, 0.2) is 11.4 Å². The molecule has 0 spiro atoms. The summed E-state index contributed by atoms with van der Waals surface area (Å²) in [6.07, 6.45) is 1.10. The van der Waals surface area contributed by atoms with Crippen LogP contribution in [0.25, 0.3) is 10.7 Å². The highest BCUT2D eigenvalue weighted by molar-refractivity contribution is 7.13. The third-order valence-electron chi connectivity index (χ3n) is 3.69. The van der Waals surface area contributed by atoms with Gasteiger partial charge in [-0.25, -0.2) is 4.68 Å². The van der Waals surface area contributed by atoms with Crippen LogP contribution in [0, 0.1) is 12.3 Å². The van der Waals surface area contributed by atoms with Crippen molar-refractivity contribution in [1.82, 2.24) is 14.8 Å². The third-order valence-corrected chi connectivity index (χ3v) is 4.70. The maximum absolute atomic E-state index is 4.76. The van der Waals surface area contributed by atoms with Crippen LogP contribution in [-0.4, -0.2) is 21.3 Å². The molecule has 2 aromatic rings. The zero-order valence-corrected chi connectivity index (χ0v) is 12.7. The van der Waals surface area contributed by atoms with Gasteiger partial charge in [0.15, 0.2) is 5.82 Å². The monoisotopic (exact) mass is 276 g/mol. The number of nitrogens with one attached hydrogen (secondary N) is 1. The van der Waals surface area contributed by atoms with E-state index < -0.39 is 0 Å². The summed E-state index contributed by atoms with van der Waals surface area (Å²) in [5, 5.41) is 10.2. The molecular formula is C14H20N4S. The lowest BCUT2D eigenvalue weighted by molar-refractivity contribution is 0.210. The Hall–Kier alpha value is -1.36. The largest absolute Gasteiger partial charge is 0.354 e. The van der Waals surface area contributed by atoms with Gasteiger partial charge in [0.2, 0.25) is 5.95 Å². The quantitative estimate of drug-likeness (QED) is 0.863. The van der Waals surface area contributed by atoms with Crippen LogP contribution < -0.4 is 5.32 Å². The standard InChI is InChI=1S/C14H20N4S/c1-9-6-8-19-11(9)12-16-13-15-7-5-10(14(2,3)4)18(13)17-12/h6,8,10H,5,7H2,1-4H3,(H,15,16,17). The van der Waals surface area contributed by atoms with E-state index in [2.05, 4.69) is 54.1 Å². The highest BCUT2D eigenvalue weighted by Gasteiger charge is 2.32. The molecule has 0 saturated heterocycles. The minimum Gasteiger partial charge on any atom is -0.354 e. The summed E-state index contributed by atoms with van der Waals surface area (Å²) in [6.45, 7) is 9.89. The predicted octanol–water partition coefficient (Wildman–Crippen LogP) is 3.72. The normalized spacial score (nSPS) is 19.1. The first-order chi connectivity index (χ1) is 8.97. The minimum atomic E-state index is 0.201. The van der Waals surface area contributed by atoms with E-state index in [1.54, 1.807) is 11.3 Å². The van der Waals surface area contributed by atoms with E-state index in [4.69, 9.17) is 5.10 Å². The Balaban J connectivity index is 2.05. The number of thiophene rings is 1. The van der Waals surface area contributed by atoms with E-state index in [-0.39, 0.29) is 5.41 Å². The molecule has 1 N–H and O–H groups in total.